The number of carbonyl (C=O) groups is 3. The summed E-state index contributed by atoms with van der Waals surface area (Å²) in [5, 5.41) is 11.9. The van der Waals surface area contributed by atoms with Gasteiger partial charge in [-0.2, -0.15) is 0 Å². The summed E-state index contributed by atoms with van der Waals surface area (Å²) in [6.07, 6.45) is 91.3. The summed E-state index contributed by atoms with van der Waals surface area (Å²) >= 11 is 0. The van der Waals surface area contributed by atoms with Crippen molar-refractivity contribution in [3.8, 4) is 0 Å². The van der Waals surface area contributed by atoms with E-state index in [1.165, 1.54) is 340 Å². The zero-order valence-electron chi connectivity index (χ0n) is 61.5. The van der Waals surface area contributed by atoms with Crippen LogP contribution in [0.15, 0.2) is 36.5 Å². The Morgan fingerprint density at radius 2 is 0.593 bits per heavy atom. The molecule has 536 valence electrons. The monoisotopic (exact) mass is 1280 g/mol. The molecule has 0 aromatic rings. The maximum absolute atomic E-state index is 13.0. The molecular weight excluding hydrogens is 1130 g/mol. The van der Waals surface area contributed by atoms with Gasteiger partial charge in [0.15, 0.2) is 12.4 Å². The molecule has 0 fully saturated rings. The molecule has 91 heavy (non-hydrogen) atoms. The molecule has 0 aliphatic rings. The highest BCUT2D eigenvalue weighted by Crippen LogP contribution is 2.20. The minimum absolute atomic E-state index is 0.151. The predicted octanol–water partition coefficient (Wildman–Crippen LogP) is 24.2. The Balaban J connectivity index is 3.95. The first-order chi connectivity index (χ1) is 44.6. The van der Waals surface area contributed by atoms with Crippen LogP contribution in [0.5, 0.6) is 0 Å². The van der Waals surface area contributed by atoms with Crippen molar-refractivity contribution in [3.63, 3.8) is 0 Å². The van der Waals surface area contributed by atoms with Gasteiger partial charge in [0, 0.05) is 12.8 Å². The lowest BCUT2D eigenvalue weighted by Gasteiger charge is -2.26. The number of unbranched alkanes of at least 4 members (excludes halogenated alkanes) is 55. The third-order valence-electron chi connectivity index (χ3n) is 18.4. The first-order valence-electron chi connectivity index (χ1n) is 40.1. The van der Waals surface area contributed by atoms with Crippen LogP contribution in [0.25, 0.3) is 0 Å². The van der Waals surface area contributed by atoms with Crippen molar-refractivity contribution in [1.82, 2.24) is 0 Å². The number of allylic oxidation sites excluding steroid dienone is 6. The summed E-state index contributed by atoms with van der Waals surface area (Å²) in [6.45, 7) is 4.82. The average molecular weight is 1280 g/mol. The molecule has 0 aliphatic heterocycles. The Morgan fingerprint density at radius 1 is 0.330 bits per heavy atom. The van der Waals surface area contributed by atoms with E-state index < -0.39 is 24.3 Å². The van der Waals surface area contributed by atoms with Gasteiger partial charge in [-0.25, -0.2) is 0 Å². The van der Waals surface area contributed by atoms with E-state index in [1.807, 2.05) is 21.1 Å². The third kappa shape index (κ3) is 74.8. The number of nitrogens with zero attached hydrogens (tertiary/aromatic N) is 1. The second-order valence-corrected chi connectivity index (χ2v) is 28.7. The normalized spacial score (nSPS) is 12.8. The van der Waals surface area contributed by atoms with Gasteiger partial charge in [0.2, 0.25) is 0 Å². The molecule has 0 saturated carbocycles. The van der Waals surface area contributed by atoms with E-state index in [-0.39, 0.29) is 32.2 Å². The maximum Gasteiger partial charge on any atom is 0.306 e. The van der Waals surface area contributed by atoms with E-state index in [9.17, 15) is 19.5 Å². The minimum atomic E-state index is -1.62. The van der Waals surface area contributed by atoms with Crippen LogP contribution in [0, 0.1) is 0 Å². The summed E-state index contributed by atoms with van der Waals surface area (Å²) in [6, 6.07) is 0. The van der Waals surface area contributed by atoms with E-state index in [1.54, 1.807) is 0 Å². The van der Waals surface area contributed by atoms with Crippen LogP contribution in [0.1, 0.15) is 412 Å². The maximum atomic E-state index is 13.0. The number of carboxylic acid groups (broad SMARTS) is 1. The highest BCUT2D eigenvalue weighted by atomic mass is 16.7. The summed E-state index contributed by atoms with van der Waals surface area (Å²) in [5.41, 5.74) is 0. The quantitative estimate of drug-likeness (QED) is 0.0195. The SMILES string of the molecule is CCCCCCC/C=C\C/C=C\CCCCCCCCCCCCCCCCCCCCCCCCCCCCCC(=O)OC(COC(=O)CCCCCCCCCCCCCCCCC/C=C\CCCCCCCCCC)COC(OCC[N+](C)(C)C)C(=O)[O-]. The van der Waals surface area contributed by atoms with Gasteiger partial charge < -0.3 is 33.3 Å². The molecule has 0 rings (SSSR count). The van der Waals surface area contributed by atoms with Crippen molar-refractivity contribution in [2.75, 3.05) is 47.5 Å². The molecule has 0 bridgehead atoms. The number of carboxylic acids is 1. The highest BCUT2D eigenvalue weighted by Gasteiger charge is 2.22. The van der Waals surface area contributed by atoms with Crippen molar-refractivity contribution in [2.45, 2.75) is 424 Å². The lowest BCUT2D eigenvalue weighted by Crippen LogP contribution is -2.44. The fraction of sp³-hybridized carbons (Fsp3) is 0.890. The van der Waals surface area contributed by atoms with Crippen molar-refractivity contribution in [2.24, 2.45) is 0 Å². The Morgan fingerprint density at radius 3 is 0.879 bits per heavy atom. The standard InChI is InChI=1S/C82H155NO8/c1-6-8-10-12-14-16-18-20-22-24-26-28-30-32-34-35-36-37-38-39-40-41-42-43-44-45-47-49-51-53-55-57-59-61-63-65-67-69-71-73-80(85)91-78(77-90-82(81(86)87)88-75-74-83(3,4)5)76-89-79(84)72-70-68-66-64-62-60-58-56-54-52-50-48-46-33-31-29-27-25-23-21-19-17-15-13-11-9-7-2/h18,20,24-27,78,82H,6-17,19,21-23,28-77H2,1-5H3/b20-18-,26-24-,27-25-. The summed E-state index contributed by atoms with van der Waals surface area (Å²) < 4.78 is 22.9. The Bertz CT molecular complexity index is 1590. The van der Waals surface area contributed by atoms with Crippen LogP contribution in [0.4, 0.5) is 0 Å². The van der Waals surface area contributed by atoms with Gasteiger partial charge >= 0.3 is 11.9 Å². The molecule has 9 heteroatoms. The van der Waals surface area contributed by atoms with E-state index in [0.29, 0.717) is 17.4 Å². The predicted molar refractivity (Wildman–Crippen MR) is 389 cm³/mol. The molecule has 0 radical (unpaired) electrons. The number of ether oxygens (including phenoxy) is 4. The molecule has 0 spiro atoms. The van der Waals surface area contributed by atoms with Gasteiger partial charge in [-0.1, -0.05) is 365 Å². The molecule has 0 aliphatic carbocycles. The molecule has 2 unspecified atom stereocenters. The van der Waals surface area contributed by atoms with Gasteiger partial charge in [-0.15, -0.1) is 0 Å². The topological polar surface area (TPSA) is 111 Å². The number of aliphatic carboxylic acids is 1. The third-order valence-corrected chi connectivity index (χ3v) is 18.4. The molecule has 0 amide bonds. The number of hydrogen-bond acceptors (Lipinski definition) is 8. The van der Waals surface area contributed by atoms with Crippen LogP contribution in [0.3, 0.4) is 0 Å². The minimum Gasteiger partial charge on any atom is -0.545 e. The molecular formula is C82H155NO8. The van der Waals surface area contributed by atoms with Gasteiger partial charge in [0.1, 0.15) is 13.2 Å². The molecule has 0 aromatic heterocycles. The number of esters is 2. The zero-order valence-corrected chi connectivity index (χ0v) is 61.5. The molecule has 0 N–H and O–H groups in total. The smallest absolute Gasteiger partial charge is 0.306 e. The first kappa shape index (κ1) is 88.5. The highest BCUT2D eigenvalue weighted by molar-refractivity contribution is 5.70. The molecule has 9 nitrogen and oxygen atoms in total. The van der Waals surface area contributed by atoms with Crippen molar-refractivity contribution in [1.29, 1.82) is 0 Å². The first-order valence-corrected chi connectivity index (χ1v) is 40.1. The lowest BCUT2D eigenvalue weighted by atomic mass is 10.0. The molecule has 0 heterocycles. The van der Waals surface area contributed by atoms with E-state index in [0.717, 1.165) is 44.9 Å². The van der Waals surface area contributed by atoms with Gasteiger partial charge in [0.25, 0.3) is 0 Å². The molecule has 0 saturated heterocycles. The Kier molecular flexibility index (Phi) is 71.3. The second kappa shape index (κ2) is 73.3. The number of likely N-dealkylation sites (N-methyl/N-ethyl adjacent to an activating group) is 1. The summed E-state index contributed by atoms with van der Waals surface area (Å²) in [5.74, 6) is -2.25. The second-order valence-electron chi connectivity index (χ2n) is 28.7. The number of carbonyl (C=O) groups excluding carboxylic acids is 3. The number of rotatable bonds is 76. The van der Waals surface area contributed by atoms with E-state index in [4.69, 9.17) is 18.9 Å². The van der Waals surface area contributed by atoms with E-state index >= 15 is 0 Å². The van der Waals surface area contributed by atoms with Crippen LogP contribution in [-0.4, -0.2) is 82.3 Å². The largest absolute Gasteiger partial charge is 0.545 e. The number of hydrogen-bond donors (Lipinski definition) is 0. The van der Waals surface area contributed by atoms with Crippen molar-refractivity contribution in [3.05, 3.63) is 36.5 Å². The fourth-order valence-corrected chi connectivity index (χ4v) is 12.2. The van der Waals surface area contributed by atoms with Crippen LogP contribution < -0.4 is 5.11 Å². The lowest BCUT2D eigenvalue weighted by molar-refractivity contribution is -0.870. The summed E-state index contributed by atoms with van der Waals surface area (Å²) in [4.78, 5) is 37.6. The van der Waals surface area contributed by atoms with Gasteiger partial charge in [-0.05, 0) is 70.6 Å². The Hall–Kier alpha value is -2.49. The van der Waals surface area contributed by atoms with Crippen LogP contribution in [-0.2, 0) is 33.3 Å². The zero-order chi connectivity index (χ0) is 66.1. The summed E-state index contributed by atoms with van der Waals surface area (Å²) in [7, 11) is 5.95. The average Bonchev–Trinajstić information content (AvgIpc) is 3.46. The molecule has 2 atom stereocenters. The van der Waals surface area contributed by atoms with Crippen molar-refractivity contribution < 1.29 is 42.9 Å². The van der Waals surface area contributed by atoms with Crippen LogP contribution >= 0.6 is 0 Å². The van der Waals surface area contributed by atoms with Gasteiger partial charge in [-0.3, -0.25) is 9.59 Å². The van der Waals surface area contributed by atoms with Crippen LogP contribution in [0.2, 0.25) is 0 Å². The van der Waals surface area contributed by atoms with E-state index in [2.05, 4.69) is 50.3 Å². The fourth-order valence-electron chi connectivity index (χ4n) is 12.2. The van der Waals surface area contributed by atoms with Gasteiger partial charge in [0.05, 0.1) is 40.3 Å². The Labute approximate surface area is 566 Å². The number of quaternary nitrogens is 1. The van der Waals surface area contributed by atoms with Crippen molar-refractivity contribution >= 4 is 17.9 Å². The molecule has 0 aromatic carbocycles.